The topological polar surface area (TPSA) is 29.5 Å². The van der Waals surface area contributed by atoms with Crippen molar-refractivity contribution in [3.63, 3.8) is 0 Å². The lowest BCUT2D eigenvalue weighted by molar-refractivity contribution is -0.137. The molecule has 4 heteroatoms. The average Bonchev–Trinajstić information content (AvgIpc) is 2.40. The first-order valence-electron chi connectivity index (χ1n) is 6.13. The monoisotopic (exact) mass is 265 g/mol. The second-order valence-electron chi connectivity index (χ2n) is 3.93. The second kappa shape index (κ2) is 7.11. The fourth-order valence-electron chi connectivity index (χ4n) is 1.72. The van der Waals surface area contributed by atoms with Gasteiger partial charge in [0, 0.05) is 24.0 Å². The summed E-state index contributed by atoms with van der Waals surface area (Å²) in [6.07, 6.45) is -0.499. The maximum atomic E-state index is 12.1. The summed E-state index contributed by atoms with van der Waals surface area (Å²) < 4.78 is 5.69. The van der Waals surface area contributed by atoms with Crippen molar-refractivity contribution in [2.75, 3.05) is 13.1 Å². The van der Waals surface area contributed by atoms with Gasteiger partial charge in [-0.15, -0.1) is 0 Å². The highest BCUT2D eigenvalue weighted by atomic mass is 32.1. The molecule has 0 N–H and O–H groups in total. The fraction of sp³-hybridized carbons (Fsp3) is 0.429. The van der Waals surface area contributed by atoms with Crippen molar-refractivity contribution in [2.24, 2.45) is 0 Å². The van der Waals surface area contributed by atoms with Gasteiger partial charge in [0.25, 0.3) is 5.91 Å². The van der Waals surface area contributed by atoms with Crippen LogP contribution in [0.15, 0.2) is 24.3 Å². The number of thiocarbonyl (C=S) groups is 1. The zero-order chi connectivity index (χ0) is 13.5. The van der Waals surface area contributed by atoms with Gasteiger partial charge in [-0.25, -0.2) is 0 Å². The number of para-hydroxylation sites is 1. The van der Waals surface area contributed by atoms with E-state index < -0.39 is 6.10 Å². The Balaban J connectivity index is 2.77. The summed E-state index contributed by atoms with van der Waals surface area (Å²) in [7, 11) is 0. The number of hydrogen-bond donors (Lipinski definition) is 0. The van der Waals surface area contributed by atoms with Gasteiger partial charge >= 0.3 is 0 Å². The minimum atomic E-state index is -0.499. The number of rotatable bonds is 6. The van der Waals surface area contributed by atoms with Gasteiger partial charge in [0.05, 0.1) is 0 Å². The number of amides is 1. The quantitative estimate of drug-likeness (QED) is 0.741. The lowest BCUT2D eigenvalue weighted by Crippen LogP contribution is -2.40. The summed E-state index contributed by atoms with van der Waals surface area (Å²) in [5.74, 6) is 0.652. The van der Waals surface area contributed by atoms with Crippen LogP contribution >= 0.6 is 12.2 Å². The molecule has 0 fully saturated rings. The summed E-state index contributed by atoms with van der Waals surface area (Å²) in [5.41, 5.74) is 0.826. The van der Waals surface area contributed by atoms with Gasteiger partial charge in [-0.2, -0.15) is 0 Å². The van der Waals surface area contributed by atoms with E-state index in [0.29, 0.717) is 18.8 Å². The number of nitrogens with zero attached hydrogens (tertiary/aromatic N) is 1. The molecule has 0 aliphatic rings. The van der Waals surface area contributed by atoms with Gasteiger partial charge in [0.2, 0.25) is 0 Å². The van der Waals surface area contributed by atoms with E-state index in [9.17, 15) is 4.79 Å². The van der Waals surface area contributed by atoms with Crippen LogP contribution in [0, 0.1) is 0 Å². The molecule has 1 aromatic rings. The lowest BCUT2D eigenvalue weighted by atomic mass is 10.2. The van der Waals surface area contributed by atoms with Crippen molar-refractivity contribution in [3.8, 4) is 5.75 Å². The third-order valence-electron chi connectivity index (χ3n) is 2.77. The molecular weight excluding hydrogens is 246 g/mol. The van der Waals surface area contributed by atoms with Crippen LogP contribution in [-0.2, 0) is 4.79 Å². The Morgan fingerprint density at radius 1 is 1.39 bits per heavy atom. The molecule has 1 rings (SSSR count). The van der Waals surface area contributed by atoms with E-state index in [-0.39, 0.29) is 5.91 Å². The molecule has 1 unspecified atom stereocenters. The number of hydrogen-bond acceptors (Lipinski definition) is 3. The van der Waals surface area contributed by atoms with Crippen molar-refractivity contribution >= 4 is 23.5 Å². The fourth-order valence-corrected chi connectivity index (χ4v) is 1.91. The maximum Gasteiger partial charge on any atom is 0.263 e. The summed E-state index contributed by atoms with van der Waals surface area (Å²) in [6, 6.07) is 7.45. The molecule has 1 aromatic carbocycles. The van der Waals surface area contributed by atoms with Crippen LogP contribution in [-0.4, -0.2) is 35.4 Å². The highest BCUT2D eigenvalue weighted by Gasteiger charge is 2.20. The van der Waals surface area contributed by atoms with Crippen molar-refractivity contribution < 1.29 is 9.53 Å². The van der Waals surface area contributed by atoms with Crippen molar-refractivity contribution in [3.05, 3.63) is 29.8 Å². The smallest absolute Gasteiger partial charge is 0.263 e. The molecule has 1 amide bonds. The Bertz CT molecular complexity index is 416. The molecule has 0 spiro atoms. The highest BCUT2D eigenvalue weighted by Crippen LogP contribution is 2.18. The Kier molecular flexibility index (Phi) is 5.78. The van der Waals surface area contributed by atoms with E-state index in [4.69, 9.17) is 17.0 Å². The molecule has 0 saturated carbocycles. The van der Waals surface area contributed by atoms with E-state index >= 15 is 0 Å². The largest absolute Gasteiger partial charge is 0.480 e. The second-order valence-corrected chi connectivity index (χ2v) is 4.16. The predicted molar refractivity (Wildman–Crippen MR) is 77.2 cm³/mol. The highest BCUT2D eigenvalue weighted by molar-refractivity contribution is 7.79. The first-order chi connectivity index (χ1) is 8.63. The van der Waals surface area contributed by atoms with Crippen LogP contribution in [0.25, 0.3) is 0 Å². The first-order valence-corrected chi connectivity index (χ1v) is 6.60. The molecule has 0 bridgehead atoms. The number of benzene rings is 1. The molecule has 3 nitrogen and oxygen atoms in total. The zero-order valence-corrected chi connectivity index (χ0v) is 11.9. The summed E-state index contributed by atoms with van der Waals surface area (Å²) in [5, 5.41) is 1.56. The molecule has 18 heavy (non-hydrogen) atoms. The minimum Gasteiger partial charge on any atom is -0.480 e. The van der Waals surface area contributed by atoms with Gasteiger partial charge in [-0.1, -0.05) is 30.4 Å². The molecule has 0 saturated heterocycles. The molecule has 0 aromatic heterocycles. The summed E-state index contributed by atoms with van der Waals surface area (Å²) in [4.78, 5) is 13.8. The molecule has 0 aliphatic carbocycles. The van der Waals surface area contributed by atoms with Gasteiger partial charge in [-0.05, 0) is 26.8 Å². The number of likely N-dealkylation sites (N-methyl/N-ethyl adjacent to an activating group) is 1. The number of ether oxygens (including phenoxy) is 1. The van der Waals surface area contributed by atoms with Crippen molar-refractivity contribution in [1.82, 2.24) is 4.90 Å². The standard InChI is InChI=1S/C14H19NO2S/c1-4-15(5-2)14(16)11(3)17-13-9-7-6-8-12(13)10-18/h6-11H,4-5H2,1-3H3. The predicted octanol–water partition coefficient (Wildman–Crippen LogP) is 2.67. The normalized spacial score (nSPS) is 11.7. The van der Waals surface area contributed by atoms with Crippen LogP contribution in [0.2, 0.25) is 0 Å². The van der Waals surface area contributed by atoms with Gasteiger partial charge in [-0.3, -0.25) is 4.79 Å². The van der Waals surface area contributed by atoms with Crippen LogP contribution < -0.4 is 4.74 Å². The maximum absolute atomic E-state index is 12.1. The van der Waals surface area contributed by atoms with E-state index in [0.717, 1.165) is 5.56 Å². The molecule has 0 aliphatic heterocycles. The summed E-state index contributed by atoms with van der Waals surface area (Å²) in [6.45, 7) is 7.06. The summed E-state index contributed by atoms with van der Waals surface area (Å²) >= 11 is 4.92. The van der Waals surface area contributed by atoms with E-state index in [1.165, 1.54) is 0 Å². The van der Waals surface area contributed by atoms with Crippen LogP contribution in [0.5, 0.6) is 5.75 Å². The lowest BCUT2D eigenvalue weighted by Gasteiger charge is -2.23. The van der Waals surface area contributed by atoms with Crippen LogP contribution in [0.4, 0.5) is 0 Å². The first kappa shape index (κ1) is 14.6. The third-order valence-corrected chi connectivity index (χ3v) is 3.03. The van der Waals surface area contributed by atoms with Crippen LogP contribution in [0.3, 0.4) is 0 Å². The van der Waals surface area contributed by atoms with E-state index in [1.807, 2.05) is 38.1 Å². The molecule has 98 valence electrons. The Morgan fingerprint density at radius 3 is 2.56 bits per heavy atom. The Morgan fingerprint density at radius 2 is 2.00 bits per heavy atom. The van der Waals surface area contributed by atoms with E-state index in [1.54, 1.807) is 17.2 Å². The third kappa shape index (κ3) is 3.53. The number of carbonyl (C=O) groups is 1. The van der Waals surface area contributed by atoms with Crippen molar-refractivity contribution in [2.45, 2.75) is 26.9 Å². The molecular formula is C14H19NO2S. The molecule has 1 atom stereocenters. The van der Waals surface area contributed by atoms with Gasteiger partial charge in [0.1, 0.15) is 5.75 Å². The number of carbonyl (C=O) groups excluding carboxylic acids is 1. The van der Waals surface area contributed by atoms with Crippen molar-refractivity contribution in [1.29, 1.82) is 0 Å². The van der Waals surface area contributed by atoms with E-state index in [2.05, 4.69) is 0 Å². The van der Waals surface area contributed by atoms with Gasteiger partial charge < -0.3 is 9.64 Å². The minimum absolute atomic E-state index is 0.000767. The van der Waals surface area contributed by atoms with Crippen LogP contribution in [0.1, 0.15) is 26.3 Å². The van der Waals surface area contributed by atoms with Gasteiger partial charge in [0.15, 0.2) is 6.10 Å². The molecule has 0 radical (unpaired) electrons. The Hall–Kier alpha value is -1.42. The molecule has 0 heterocycles. The average molecular weight is 265 g/mol. The zero-order valence-electron chi connectivity index (χ0n) is 11.1. The Labute approximate surface area is 114 Å². The SMILES string of the molecule is CCN(CC)C(=O)C(C)Oc1ccccc1C=S.